The summed E-state index contributed by atoms with van der Waals surface area (Å²) >= 11 is 4.85. The molecule has 21 heavy (non-hydrogen) atoms. The molecule has 0 saturated heterocycles. The van der Waals surface area contributed by atoms with Gasteiger partial charge in [-0.15, -0.1) is 0 Å². The fourth-order valence-electron chi connectivity index (χ4n) is 1.91. The number of sulfonamides is 1. The summed E-state index contributed by atoms with van der Waals surface area (Å²) in [6.07, 6.45) is 0. The van der Waals surface area contributed by atoms with E-state index in [4.69, 9.17) is 18.0 Å². The summed E-state index contributed by atoms with van der Waals surface area (Å²) in [4.78, 5) is 0.426. The molecule has 0 amide bonds. The zero-order valence-electron chi connectivity index (χ0n) is 11.5. The van der Waals surface area contributed by atoms with Crippen LogP contribution >= 0.6 is 12.2 Å². The number of hydrogen-bond acceptors (Lipinski definition) is 3. The molecule has 0 aliphatic rings. The Bertz CT molecular complexity index is 726. The summed E-state index contributed by atoms with van der Waals surface area (Å²) in [5.74, 6) is 0. The number of benzene rings is 2. The minimum atomic E-state index is -3.58. The quantitative estimate of drug-likeness (QED) is 0.830. The van der Waals surface area contributed by atoms with Gasteiger partial charge < -0.3 is 5.73 Å². The van der Waals surface area contributed by atoms with Crippen LogP contribution in [0.15, 0.2) is 59.5 Å². The van der Waals surface area contributed by atoms with E-state index >= 15 is 0 Å². The Morgan fingerprint density at radius 3 is 2.19 bits per heavy atom. The highest BCUT2D eigenvalue weighted by molar-refractivity contribution is 7.89. The molecule has 0 aliphatic carbocycles. The van der Waals surface area contributed by atoms with Crippen molar-refractivity contribution in [2.45, 2.75) is 17.9 Å². The predicted molar refractivity (Wildman–Crippen MR) is 87.5 cm³/mol. The Morgan fingerprint density at radius 2 is 1.67 bits per heavy atom. The lowest BCUT2D eigenvalue weighted by molar-refractivity contribution is 0.567. The molecular formula is C15H16N2O2S2. The van der Waals surface area contributed by atoms with Gasteiger partial charge in [-0.2, -0.15) is 0 Å². The molecule has 2 rings (SSSR count). The van der Waals surface area contributed by atoms with Crippen molar-refractivity contribution in [3.8, 4) is 0 Å². The highest BCUT2D eigenvalue weighted by Crippen LogP contribution is 2.17. The molecule has 1 atom stereocenters. The van der Waals surface area contributed by atoms with E-state index in [2.05, 4.69) is 4.72 Å². The number of rotatable bonds is 5. The maximum atomic E-state index is 12.3. The highest BCUT2D eigenvalue weighted by atomic mass is 32.2. The summed E-state index contributed by atoms with van der Waals surface area (Å²) in [7, 11) is -3.58. The molecule has 0 aliphatic heterocycles. The molecule has 2 aromatic rings. The molecule has 0 radical (unpaired) electrons. The Morgan fingerprint density at radius 1 is 1.10 bits per heavy atom. The van der Waals surface area contributed by atoms with Crippen LogP contribution in [0.5, 0.6) is 0 Å². The summed E-state index contributed by atoms with van der Waals surface area (Å²) in [5.41, 5.74) is 7.04. The number of thiocarbonyl (C=S) groups is 1. The fourth-order valence-corrected chi connectivity index (χ4v) is 3.28. The summed E-state index contributed by atoms with van der Waals surface area (Å²) in [6.45, 7) is 1.80. The molecular weight excluding hydrogens is 304 g/mol. The molecule has 0 aromatic heterocycles. The lowest BCUT2D eigenvalue weighted by Crippen LogP contribution is -2.27. The van der Waals surface area contributed by atoms with Gasteiger partial charge in [-0.25, -0.2) is 13.1 Å². The van der Waals surface area contributed by atoms with E-state index < -0.39 is 10.0 Å². The van der Waals surface area contributed by atoms with E-state index in [0.29, 0.717) is 5.56 Å². The van der Waals surface area contributed by atoms with Gasteiger partial charge in [0.1, 0.15) is 4.99 Å². The zero-order chi connectivity index (χ0) is 15.5. The smallest absolute Gasteiger partial charge is 0.241 e. The monoisotopic (exact) mass is 320 g/mol. The van der Waals surface area contributed by atoms with Gasteiger partial charge >= 0.3 is 0 Å². The third kappa shape index (κ3) is 3.87. The fraction of sp³-hybridized carbons (Fsp3) is 0.133. The highest BCUT2D eigenvalue weighted by Gasteiger charge is 2.18. The lowest BCUT2D eigenvalue weighted by Gasteiger charge is -2.14. The van der Waals surface area contributed by atoms with E-state index in [1.54, 1.807) is 19.1 Å². The predicted octanol–water partition coefficient (Wildman–Crippen LogP) is 2.36. The third-order valence-corrected chi connectivity index (χ3v) is 4.87. The van der Waals surface area contributed by atoms with Gasteiger partial charge in [0.25, 0.3) is 0 Å². The number of nitrogens with two attached hydrogens (primary N) is 1. The molecule has 3 N–H and O–H groups in total. The van der Waals surface area contributed by atoms with Crippen LogP contribution in [-0.2, 0) is 10.0 Å². The van der Waals surface area contributed by atoms with Crippen LogP contribution in [0.4, 0.5) is 0 Å². The van der Waals surface area contributed by atoms with Gasteiger partial charge in [0.2, 0.25) is 10.0 Å². The lowest BCUT2D eigenvalue weighted by atomic mass is 10.1. The van der Waals surface area contributed by atoms with Crippen molar-refractivity contribution in [2.75, 3.05) is 0 Å². The van der Waals surface area contributed by atoms with Gasteiger partial charge in [0.05, 0.1) is 4.90 Å². The Hall–Kier alpha value is -1.76. The second kappa shape index (κ2) is 6.34. The maximum absolute atomic E-state index is 12.3. The Labute approximate surface area is 130 Å². The first kappa shape index (κ1) is 15.6. The average Bonchev–Trinajstić information content (AvgIpc) is 2.48. The van der Waals surface area contributed by atoms with Crippen molar-refractivity contribution in [3.63, 3.8) is 0 Å². The van der Waals surface area contributed by atoms with E-state index in [1.165, 1.54) is 12.1 Å². The molecule has 2 aromatic carbocycles. The van der Waals surface area contributed by atoms with E-state index in [0.717, 1.165) is 5.56 Å². The van der Waals surface area contributed by atoms with Crippen molar-refractivity contribution in [1.29, 1.82) is 0 Å². The van der Waals surface area contributed by atoms with Gasteiger partial charge in [-0.05, 0) is 24.6 Å². The van der Waals surface area contributed by atoms with Crippen LogP contribution in [0.1, 0.15) is 24.1 Å². The van der Waals surface area contributed by atoms with Crippen LogP contribution in [-0.4, -0.2) is 13.4 Å². The van der Waals surface area contributed by atoms with Gasteiger partial charge in [-0.3, -0.25) is 0 Å². The average molecular weight is 320 g/mol. The number of nitrogens with one attached hydrogen (secondary N) is 1. The maximum Gasteiger partial charge on any atom is 0.241 e. The third-order valence-electron chi connectivity index (χ3n) is 3.08. The Kier molecular flexibility index (Phi) is 4.72. The minimum absolute atomic E-state index is 0.185. The van der Waals surface area contributed by atoms with Gasteiger partial charge in [-0.1, -0.05) is 54.7 Å². The minimum Gasteiger partial charge on any atom is -0.389 e. The molecule has 0 bridgehead atoms. The standard InChI is InChI=1S/C15H16N2O2S2/c1-11(12-5-3-2-4-6-12)17-21(18,19)14-9-7-13(8-10-14)15(16)20/h2-11,17H,1H3,(H2,16,20). The van der Waals surface area contributed by atoms with Crippen LogP contribution in [0.3, 0.4) is 0 Å². The van der Waals surface area contributed by atoms with Gasteiger partial charge in [0.15, 0.2) is 0 Å². The summed E-state index contributed by atoms with van der Waals surface area (Å²) in [6, 6.07) is 15.3. The van der Waals surface area contributed by atoms with Crippen molar-refractivity contribution >= 4 is 27.2 Å². The molecule has 0 fully saturated rings. The SMILES string of the molecule is CC(NS(=O)(=O)c1ccc(C(N)=S)cc1)c1ccccc1. The molecule has 0 spiro atoms. The summed E-state index contributed by atoms with van der Waals surface area (Å²) < 4.78 is 27.3. The van der Waals surface area contributed by atoms with Crippen LogP contribution < -0.4 is 10.5 Å². The first-order valence-corrected chi connectivity index (χ1v) is 8.26. The van der Waals surface area contributed by atoms with E-state index in [9.17, 15) is 8.42 Å². The van der Waals surface area contributed by atoms with E-state index in [-0.39, 0.29) is 15.9 Å². The van der Waals surface area contributed by atoms with Gasteiger partial charge in [0, 0.05) is 11.6 Å². The number of hydrogen-bond donors (Lipinski definition) is 2. The van der Waals surface area contributed by atoms with Crippen LogP contribution in [0.25, 0.3) is 0 Å². The molecule has 6 heteroatoms. The zero-order valence-corrected chi connectivity index (χ0v) is 13.1. The first-order valence-electron chi connectivity index (χ1n) is 6.37. The van der Waals surface area contributed by atoms with E-state index in [1.807, 2.05) is 30.3 Å². The molecule has 110 valence electrons. The largest absolute Gasteiger partial charge is 0.389 e. The second-order valence-electron chi connectivity index (χ2n) is 4.64. The molecule has 0 heterocycles. The normalized spacial score (nSPS) is 12.8. The second-order valence-corrected chi connectivity index (χ2v) is 6.80. The van der Waals surface area contributed by atoms with Crippen molar-refractivity contribution in [1.82, 2.24) is 4.72 Å². The van der Waals surface area contributed by atoms with Crippen LogP contribution in [0.2, 0.25) is 0 Å². The first-order chi connectivity index (χ1) is 9.90. The topological polar surface area (TPSA) is 72.2 Å². The molecule has 0 saturated carbocycles. The van der Waals surface area contributed by atoms with Crippen molar-refractivity contribution in [2.24, 2.45) is 5.73 Å². The molecule has 4 nitrogen and oxygen atoms in total. The summed E-state index contributed by atoms with van der Waals surface area (Å²) in [5, 5.41) is 0. The van der Waals surface area contributed by atoms with Crippen molar-refractivity contribution < 1.29 is 8.42 Å². The van der Waals surface area contributed by atoms with Crippen molar-refractivity contribution in [3.05, 3.63) is 65.7 Å². The molecule has 1 unspecified atom stereocenters. The Balaban J connectivity index is 2.20. The van der Waals surface area contributed by atoms with Crippen LogP contribution in [0, 0.1) is 0 Å².